The first kappa shape index (κ1) is 7.31. The van der Waals surface area contributed by atoms with Crippen molar-refractivity contribution in [2.24, 2.45) is 5.92 Å². The van der Waals surface area contributed by atoms with Gasteiger partial charge < -0.3 is 4.84 Å². The Labute approximate surface area is 59.3 Å². The van der Waals surface area contributed by atoms with E-state index < -0.39 is 5.09 Å². The minimum Gasteiger partial charge on any atom is -0.314 e. The van der Waals surface area contributed by atoms with Gasteiger partial charge in [0.05, 0.1) is 6.61 Å². The first-order chi connectivity index (χ1) is 4.79. The molecule has 4 heteroatoms. The van der Waals surface area contributed by atoms with Crippen LogP contribution in [0.25, 0.3) is 0 Å². The number of hydrogen-bond acceptors (Lipinski definition) is 3. The second kappa shape index (κ2) is 3.39. The van der Waals surface area contributed by atoms with Gasteiger partial charge in [-0.1, -0.05) is 12.8 Å². The third kappa shape index (κ3) is 2.21. The minimum atomic E-state index is -0.710. The van der Waals surface area contributed by atoms with Gasteiger partial charge in [0.2, 0.25) is 0 Å². The van der Waals surface area contributed by atoms with Crippen LogP contribution in [-0.4, -0.2) is 11.7 Å². The highest BCUT2D eigenvalue weighted by molar-refractivity contribution is 4.65. The standard InChI is InChI=1S/C6H11NO3/c8-7(9)10-5-6-3-1-2-4-6/h6H,1-5H2. The van der Waals surface area contributed by atoms with Crippen LogP contribution in [0.4, 0.5) is 0 Å². The zero-order valence-corrected chi connectivity index (χ0v) is 5.78. The average molecular weight is 145 g/mol. The first-order valence-corrected chi connectivity index (χ1v) is 3.56. The lowest BCUT2D eigenvalue weighted by molar-refractivity contribution is -0.759. The van der Waals surface area contributed by atoms with Crippen LogP contribution in [0.5, 0.6) is 0 Å². The molecule has 0 bridgehead atoms. The molecule has 1 rings (SSSR count). The van der Waals surface area contributed by atoms with Crippen LogP contribution >= 0.6 is 0 Å². The third-order valence-corrected chi connectivity index (χ3v) is 1.89. The molecule has 1 saturated carbocycles. The molecular weight excluding hydrogens is 134 g/mol. The maximum Gasteiger partial charge on any atom is 0.294 e. The van der Waals surface area contributed by atoms with Crippen molar-refractivity contribution in [1.82, 2.24) is 0 Å². The van der Waals surface area contributed by atoms with E-state index in [9.17, 15) is 10.1 Å². The number of rotatable bonds is 3. The predicted molar refractivity (Wildman–Crippen MR) is 34.9 cm³/mol. The van der Waals surface area contributed by atoms with Crippen molar-refractivity contribution in [1.29, 1.82) is 0 Å². The monoisotopic (exact) mass is 145 g/mol. The zero-order valence-electron chi connectivity index (χ0n) is 5.78. The Balaban J connectivity index is 2.07. The van der Waals surface area contributed by atoms with Crippen molar-refractivity contribution < 1.29 is 9.92 Å². The molecule has 4 nitrogen and oxygen atoms in total. The smallest absolute Gasteiger partial charge is 0.294 e. The summed E-state index contributed by atoms with van der Waals surface area (Å²) in [6, 6.07) is 0. The Hall–Kier alpha value is -0.800. The van der Waals surface area contributed by atoms with Crippen LogP contribution in [0, 0.1) is 16.0 Å². The van der Waals surface area contributed by atoms with E-state index >= 15 is 0 Å². The van der Waals surface area contributed by atoms with Crippen LogP contribution in [-0.2, 0) is 4.84 Å². The van der Waals surface area contributed by atoms with Gasteiger partial charge in [-0.25, -0.2) is 0 Å². The summed E-state index contributed by atoms with van der Waals surface area (Å²) >= 11 is 0. The topological polar surface area (TPSA) is 52.4 Å². The maximum absolute atomic E-state index is 9.74. The number of nitrogens with zero attached hydrogens (tertiary/aromatic N) is 1. The fourth-order valence-electron chi connectivity index (χ4n) is 1.34. The molecule has 1 aliphatic rings. The zero-order chi connectivity index (χ0) is 7.40. The van der Waals surface area contributed by atoms with Gasteiger partial charge >= 0.3 is 0 Å². The molecule has 0 aliphatic heterocycles. The minimum absolute atomic E-state index is 0.299. The van der Waals surface area contributed by atoms with E-state index in [-0.39, 0.29) is 0 Å². The Morgan fingerprint density at radius 2 is 2.10 bits per heavy atom. The van der Waals surface area contributed by atoms with E-state index in [1.807, 2.05) is 0 Å². The third-order valence-electron chi connectivity index (χ3n) is 1.89. The molecule has 0 aromatic carbocycles. The molecule has 0 spiro atoms. The second-order valence-corrected chi connectivity index (χ2v) is 2.67. The molecule has 10 heavy (non-hydrogen) atoms. The van der Waals surface area contributed by atoms with E-state index in [2.05, 4.69) is 4.84 Å². The predicted octanol–water partition coefficient (Wildman–Crippen LogP) is 1.38. The van der Waals surface area contributed by atoms with E-state index in [1.165, 1.54) is 12.8 Å². The van der Waals surface area contributed by atoms with Crippen LogP contribution in [0.3, 0.4) is 0 Å². The summed E-state index contributed by atoms with van der Waals surface area (Å²) in [5, 5.41) is 9.03. The van der Waals surface area contributed by atoms with Gasteiger partial charge in [-0.3, -0.25) is 0 Å². The molecule has 0 aromatic rings. The van der Waals surface area contributed by atoms with Gasteiger partial charge in [-0.15, -0.1) is 10.1 Å². The fourth-order valence-corrected chi connectivity index (χ4v) is 1.34. The lowest BCUT2D eigenvalue weighted by Crippen LogP contribution is -2.09. The van der Waals surface area contributed by atoms with Crippen molar-refractivity contribution >= 4 is 0 Å². The molecule has 1 aliphatic carbocycles. The van der Waals surface area contributed by atoms with Crippen molar-refractivity contribution in [3.8, 4) is 0 Å². The maximum atomic E-state index is 9.74. The highest BCUT2D eigenvalue weighted by atomic mass is 16.9. The molecule has 0 unspecified atom stereocenters. The lowest BCUT2D eigenvalue weighted by atomic mass is 10.1. The van der Waals surface area contributed by atoms with E-state index in [1.54, 1.807) is 0 Å². The molecule has 0 saturated heterocycles. The highest BCUT2D eigenvalue weighted by Crippen LogP contribution is 2.24. The van der Waals surface area contributed by atoms with Crippen molar-refractivity contribution in [3.05, 3.63) is 10.1 Å². The van der Waals surface area contributed by atoms with Gasteiger partial charge in [-0.05, 0) is 18.8 Å². The van der Waals surface area contributed by atoms with Crippen molar-refractivity contribution in [3.63, 3.8) is 0 Å². The van der Waals surface area contributed by atoms with Crippen LogP contribution < -0.4 is 0 Å². The second-order valence-electron chi connectivity index (χ2n) is 2.67. The molecule has 0 atom stereocenters. The molecule has 0 amide bonds. The quantitative estimate of drug-likeness (QED) is 0.445. The molecule has 0 aromatic heterocycles. The summed E-state index contributed by atoms with van der Waals surface area (Å²) < 4.78 is 0. The van der Waals surface area contributed by atoms with Crippen molar-refractivity contribution in [2.75, 3.05) is 6.61 Å². The fraction of sp³-hybridized carbons (Fsp3) is 1.00. The summed E-state index contributed by atoms with van der Waals surface area (Å²) in [6.07, 6.45) is 4.58. The molecule has 1 fully saturated rings. The largest absolute Gasteiger partial charge is 0.314 e. The van der Waals surface area contributed by atoms with Gasteiger partial charge in [0.15, 0.2) is 0 Å². The van der Waals surface area contributed by atoms with Crippen LogP contribution in [0.15, 0.2) is 0 Å². The van der Waals surface area contributed by atoms with Crippen molar-refractivity contribution in [2.45, 2.75) is 25.7 Å². The van der Waals surface area contributed by atoms with Gasteiger partial charge in [-0.2, -0.15) is 0 Å². The van der Waals surface area contributed by atoms with Crippen LogP contribution in [0.1, 0.15) is 25.7 Å². The van der Waals surface area contributed by atoms with Crippen LogP contribution in [0.2, 0.25) is 0 Å². The Morgan fingerprint density at radius 3 is 2.60 bits per heavy atom. The highest BCUT2D eigenvalue weighted by Gasteiger charge is 2.15. The first-order valence-electron chi connectivity index (χ1n) is 3.56. The SMILES string of the molecule is O=[N+]([O-])OCC1CCCC1. The number of hydrogen-bond donors (Lipinski definition) is 0. The Bertz CT molecular complexity index is 120. The summed E-state index contributed by atoms with van der Waals surface area (Å²) in [5.41, 5.74) is 0. The van der Waals surface area contributed by atoms with E-state index in [0.29, 0.717) is 12.5 Å². The van der Waals surface area contributed by atoms with Gasteiger partial charge in [0, 0.05) is 0 Å². The summed E-state index contributed by atoms with van der Waals surface area (Å²) in [7, 11) is 0. The summed E-state index contributed by atoms with van der Waals surface area (Å²) in [6.45, 7) is 0.299. The van der Waals surface area contributed by atoms with Gasteiger partial charge in [0.25, 0.3) is 5.09 Å². The van der Waals surface area contributed by atoms with Gasteiger partial charge in [0.1, 0.15) is 0 Å². The molecular formula is C6H11NO3. The van der Waals surface area contributed by atoms with E-state index in [4.69, 9.17) is 0 Å². The molecule has 0 radical (unpaired) electrons. The summed E-state index contributed by atoms with van der Waals surface area (Å²) in [5.74, 6) is 0.436. The molecule has 0 heterocycles. The molecule has 0 N–H and O–H groups in total. The van der Waals surface area contributed by atoms with E-state index in [0.717, 1.165) is 12.8 Å². The lowest BCUT2D eigenvalue weighted by Gasteiger charge is -2.04. The Kier molecular flexibility index (Phi) is 2.48. The normalized spacial score (nSPS) is 19.2. The average Bonchev–Trinajstić information content (AvgIpc) is 2.34. The summed E-state index contributed by atoms with van der Waals surface area (Å²) in [4.78, 5) is 14.0. The molecule has 58 valence electrons. The Morgan fingerprint density at radius 1 is 1.50 bits per heavy atom.